The third-order valence-corrected chi connectivity index (χ3v) is 9.22. The average Bonchev–Trinajstić information content (AvgIpc) is 3.99. The lowest BCUT2D eigenvalue weighted by Gasteiger charge is -2.29. The molecule has 62 heavy (non-hydrogen) atoms. The first-order valence-corrected chi connectivity index (χ1v) is 18.9. The first kappa shape index (κ1) is 46.0. The summed E-state index contributed by atoms with van der Waals surface area (Å²) in [4.78, 5) is 213. The molecular formula is C34H38N8O20. The minimum Gasteiger partial charge on any atom is -0.329 e. The normalized spacial score (nSPS) is 18.2. The Kier molecular flexibility index (Phi) is 15.2. The molecule has 5 rings (SSSR count). The summed E-state index contributed by atoms with van der Waals surface area (Å²) in [5.74, 6) is -14.4. The summed E-state index contributed by atoms with van der Waals surface area (Å²) < 4.78 is 0. The Morgan fingerprint density at radius 1 is 0.290 bits per heavy atom. The van der Waals surface area contributed by atoms with Gasteiger partial charge in [0.2, 0.25) is 0 Å². The van der Waals surface area contributed by atoms with E-state index in [1.807, 2.05) is 0 Å². The highest BCUT2D eigenvalue weighted by molar-refractivity contribution is 6.04. The molecule has 0 spiro atoms. The zero-order valence-corrected chi connectivity index (χ0v) is 32.7. The SMILES string of the molecule is O=C(CN(CCN(CC(=O)ON1C(=O)CCC1=O)CC(=O)ON1C(=O)CCC1=O)CCN(CC(=O)ON1C(=O)CCC1=O)CC(=O)ON1C(=O)CCC1=O)ON1C(=O)CCC1=O. The van der Waals surface area contributed by atoms with E-state index in [0.29, 0.717) is 0 Å². The molecule has 28 heteroatoms. The van der Waals surface area contributed by atoms with Gasteiger partial charge in [0.25, 0.3) is 59.1 Å². The molecule has 5 saturated heterocycles. The number of amides is 10. The summed E-state index contributed by atoms with van der Waals surface area (Å²) in [7, 11) is 0. The number of hydrogen-bond acceptors (Lipinski definition) is 23. The van der Waals surface area contributed by atoms with Gasteiger partial charge in [0.05, 0.1) is 6.54 Å². The molecule has 334 valence electrons. The Balaban J connectivity index is 1.33. The zero-order chi connectivity index (χ0) is 45.2. The van der Waals surface area contributed by atoms with E-state index in [1.54, 1.807) is 0 Å². The lowest BCUT2D eigenvalue weighted by Crippen LogP contribution is -2.48. The molecule has 0 aliphatic carbocycles. The van der Waals surface area contributed by atoms with Crippen molar-refractivity contribution in [3.63, 3.8) is 0 Å². The van der Waals surface area contributed by atoms with Gasteiger partial charge in [-0.25, -0.2) is 24.0 Å². The molecule has 5 fully saturated rings. The molecule has 5 aliphatic rings. The number of carbonyl (C=O) groups is 15. The molecule has 5 aliphatic heterocycles. The molecule has 28 nitrogen and oxygen atoms in total. The maximum atomic E-state index is 13.1. The fraction of sp³-hybridized carbons (Fsp3) is 0.559. The molecule has 0 aromatic heterocycles. The van der Waals surface area contributed by atoms with Crippen LogP contribution < -0.4 is 0 Å². The molecule has 0 atom stereocenters. The van der Waals surface area contributed by atoms with Crippen LogP contribution in [0.25, 0.3) is 0 Å². The Morgan fingerprint density at radius 2 is 0.435 bits per heavy atom. The predicted octanol–water partition coefficient (Wildman–Crippen LogP) is -5.07. The van der Waals surface area contributed by atoms with E-state index in [-0.39, 0.29) is 103 Å². The van der Waals surface area contributed by atoms with Crippen LogP contribution in [0.1, 0.15) is 64.2 Å². The number of imide groups is 5. The summed E-state index contributed by atoms with van der Waals surface area (Å²) in [6.45, 7) is -5.79. The van der Waals surface area contributed by atoms with E-state index in [1.165, 1.54) is 4.90 Å². The summed E-state index contributed by atoms with van der Waals surface area (Å²) in [6.07, 6.45) is -2.42. The second-order valence-electron chi connectivity index (χ2n) is 13.9. The number of nitrogens with zero attached hydrogens (tertiary/aromatic N) is 8. The molecule has 0 radical (unpaired) electrons. The van der Waals surface area contributed by atoms with Crippen molar-refractivity contribution < 1.29 is 96.1 Å². The fourth-order valence-corrected chi connectivity index (χ4v) is 6.12. The summed E-state index contributed by atoms with van der Waals surface area (Å²) in [5.41, 5.74) is 0. The first-order chi connectivity index (χ1) is 29.4. The second kappa shape index (κ2) is 20.5. The largest absolute Gasteiger partial charge is 0.347 e. The van der Waals surface area contributed by atoms with Crippen LogP contribution in [0.4, 0.5) is 0 Å². The van der Waals surface area contributed by atoms with Crippen LogP contribution in [0.15, 0.2) is 0 Å². The molecule has 5 heterocycles. The highest BCUT2D eigenvalue weighted by Crippen LogP contribution is 2.17. The minimum atomic E-state index is -1.24. The molecule has 0 N–H and O–H groups in total. The van der Waals surface area contributed by atoms with Crippen molar-refractivity contribution in [2.24, 2.45) is 0 Å². The van der Waals surface area contributed by atoms with E-state index in [9.17, 15) is 71.9 Å². The zero-order valence-electron chi connectivity index (χ0n) is 32.7. The van der Waals surface area contributed by atoms with Crippen LogP contribution in [0.5, 0.6) is 0 Å². The van der Waals surface area contributed by atoms with Crippen molar-refractivity contribution in [3.05, 3.63) is 0 Å². The van der Waals surface area contributed by atoms with Crippen molar-refractivity contribution in [1.29, 1.82) is 0 Å². The quantitative estimate of drug-likeness (QED) is 0.0974. The molecule has 0 aromatic rings. The average molecular weight is 879 g/mol. The van der Waals surface area contributed by atoms with Crippen molar-refractivity contribution in [3.8, 4) is 0 Å². The number of hydrogen-bond donors (Lipinski definition) is 0. The summed E-state index contributed by atoms with van der Waals surface area (Å²) >= 11 is 0. The highest BCUT2D eigenvalue weighted by Gasteiger charge is 2.38. The minimum absolute atomic E-state index is 0.235. The van der Waals surface area contributed by atoms with Crippen molar-refractivity contribution in [1.82, 2.24) is 40.0 Å². The Labute approximate surface area is 348 Å². The smallest absolute Gasteiger partial charge is 0.329 e. The van der Waals surface area contributed by atoms with Gasteiger partial charge in [-0.15, -0.1) is 25.3 Å². The van der Waals surface area contributed by atoms with Gasteiger partial charge < -0.3 is 24.2 Å². The summed E-state index contributed by atoms with van der Waals surface area (Å²) in [5, 5.41) is 1.19. The van der Waals surface area contributed by atoms with Crippen LogP contribution >= 0.6 is 0 Å². The molecule has 0 unspecified atom stereocenters. The third-order valence-electron chi connectivity index (χ3n) is 9.22. The Morgan fingerprint density at radius 3 is 0.613 bits per heavy atom. The van der Waals surface area contributed by atoms with Crippen LogP contribution in [0.2, 0.25) is 0 Å². The van der Waals surface area contributed by atoms with E-state index >= 15 is 0 Å². The van der Waals surface area contributed by atoms with E-state index in [2.05, 4.69) is 0 Å². The van der Waals surface area contributed by atoms with Gasteiger partial charge in [0, 0.05) is 90.4 Å². The standard InChI is InChI=1S/C34H38N8O20/c43-20-1-2-21(44)38(20)58-30(53)15-35(11-13-36(16-31(54)59-39-22(45)3-4-23(39)46)17-32(55)60-40-24(47)5-6-25(40)48)12-14-37(18-33(56)61-41-26(49)7-8-27(41)50)19-34(57)62-42-28(51)9-10-29(42)52/h1-19H2. The van der Waals surface area contributed by atoms with Crippen LogP contribution in [0, 0.1) is 0 Å². The maximum absolute atomic E-state index is 13.1. The number of hydroxylamine groups is 10. The molecule has 0 aromatic carbocycles. The van der Waals surface area contributed by atoms with Crippen LogP contribution in [-0.4, -0.2) is 188 Å². The maximum Gasteiger partial charge on any atom is 0.347 e. The monoisotopic (exact) mass is 878 g/mol. The van der Waals surface area contributed by atoms with Gasteiger partial charge in [0.15, 0.2) is 0 Å². The first-order valence-electron chi connectivity index (χ1n) is 18.9. The summed E-state index contributed by atoms with van der Waals surface area (Å²) in [6, 6.07) is 0. The van der Waals surface area contributed by atoms with Crippen molar-refractivity contribution >= 4 is 88.9 Å². The van der Waals surface area contributed by atoms with Crippen LogP contribution in [0.3, 0.4) is 0 Å². The van der Waals surface area contributed by atoms with Gasteiger partial charge in [-0.3, -0.25) is 62.6 Å². The lowest BCUT2D eigenvalue weighted by atomic mass is 10.3. The van der Waals surface area contributed by atoms with Gasteiger partial charge >= 0.3 is 29.8 Å². The third kappa shape index (κ3) is 12.3. The number of carbonyl (C=O) groups excluding carboxylic acids is 15. The van der Waals surface area contributed by atoms with Crippen LogP contribution in [-0.2, 0) is 96.1 Å². The highest BCUT2D eigenvalue weighted by atomic mass is 16.7. The van der Waals surface area contributed by atoms with E-state index < -0.39 is 135 Å². The molecule has 0 bridgehead atoms. The van der Waals surface area contributed by atoms with Crippen molar-refractivity contribution in [2.45, 2.75) is 64.2 Å². The number of rotatable bonds is 21. The van der Waals surface area contributed by atoms with Gasteiger partial charge in [-0.05, 0) is 0 Å². The Hall–Kier alpha value is -7.07. The Bertz CT molecular complexity index is 1690. The second-order valence-corrected chi connectivity index (χ2v) is 13.9. The predicted molar refractivity (Wildman–Crippen MR) is 185 cm³/mol. The molecular weight excluding hydrogens is 840 g/mol. The van der Waals surface area contributed by atoms with Crippen molar-refractivity contribution in [2.75, 3.05) is 58.9 Å². The van der Waals surface area contributed by atoms with Gasteiger partial charge in [0.1, 0.15) is 26.2 Å². The lowest BCUT2D eigenvalue weighted by molar-refractivity contribution is -0.201. The van der Waals surface area contributed by atoms with Gasteiger partial charge in [-0.2, -0.15) is 0 Å². The van der Waals surface area contributed by atoms with E-state index in [4.69, 9.17) is 24.2 Å². The topological polar surface area (TPSA) is 328 Å². The van der Waals surface area contributed by atoms with Gasteiger partial charge in [-0.1, -0.05) is 0 Å². The fourth-order valence-electron chi connectivity index (χ4n) is 6.12. The molecule has 10 amide bonds. The van der Waals surface area contributed by atoms with E-state index in [0.717, 1.165) is 9.80 Å². The molecule has 0 saturated carbocycles.